The number of carbonyl (C=O) groups is 2. The Morgan fingerprint density at radius 3 is 1.98 bits per heavy atom. The summed E-state index contributed by atoms with van der Waals surface area (Å²) in [5.41, 5.74) is 1.20. The summed E-state index contributed by atoms with van der Waals surface area (Å²) in [5.74, 6) is -0.0993. The predicted molar refractivity (Wildman–Crippen MR) is 231 cm³/mol. The number of benzene rings is 1. The second-order valence-electron chi connectivity index (χ2n) is 19.1. The fourth-order valence-corrected chi connectivity index (χ4v) is 8.88. The summed E-state index contributed by atoms with van der Waals surface area (Å²) in [4.78, 5) is 26.9. The highest BCUT2D eigenvalue weighted by atomic mass is 28.4. The summed E-state index contributed by atoms with van der Waals surface area (Å²) in [6.07, 6.45) is 17.0. The van der Waals surface area contributed by atoms with Crippen molar-refractivity contribution < 1.29 is 27.6 Å². The maximum Gasteiger partial charge on any atom is 0.342 e. The van der Waals surface area contributed by atoms with E-state index in [1.165, 1.54) is 6.08 Å². The van der Waals surface area contributed by atoms with Crippen LogP contribution >= 0.6 is 0 Å². The van der Waals surface area contributed by atoms with Gasteiger partial charge in [-0.1, -0.05) is 118 Å². The third-order valence-electron chi connectivity index (χ3n) is 11.5. The molecule has 0 aliphatic carbocycles. The number of allylic oxidation sites excluding steroid dienone is 3. The Hall–Kier alpha value is -2.51. The lowest BCUT2D eigenvalue weighted by molar-refractivity contribution is -0.115. The molecule has 3 atom stereocenters. The van der Waals surface area contributed by atoms with Crippen molar-refractivity contribution in [2.24, 2.45) is 0 Å². The van der Waals surface area contributed by atoms with Crippen molar-refractivity contribution in [3.05, 3.63) is 72.0 Å². The van der Waals surface area contributed by atoms with Crippen molar-refractivity contribution in [3.63, 3.8) is 0 Å². The van der Waals surface area contributed by atoms with Crippen LogP contribution in [0.5, 0.6) is 5.75 Å². The highest BCUT2D eigenvalue weighted by Gasteiger charge is 2.43. The summed E-state index contributed by atoms with van der Waals surface area (Å²) in [6, 6.07) is 5.80. The van der Waals surface area contributed by atoms with Crippen LogP contribution < -0.4 is 9.74 Å². The molecule has 1 amide bonds. The van der Waals surface area contributed by atoms with E-state index < -0.39 is 37.0 Å². The van der Waals surface area contributed by atoms with Crippen LogP contribution in [0.15, 0.2) is 60.9 Å². The number of hydrogen-bond acceptors (Lipinski definition) is 6. The Labute approximate surface area is 326 Å². The number of ether oxygens (including phenoxy) is 1. The van der Waals surface area contributed by atoms with Gasteiger partial charge in [0.2, 0.25) is 5.91 Å². The number of fused-ring (bicyclic) bond motifs is 1. The number of rotatable bonds is 12. The summed E-state index contributed by atoms with van der Waals surface area (Å²) in [6.45, 7) is 35.7. The molecule has 2 rings (SSSR count). The van der Waals surface area contributed by atoms with Gasteiger partial charge in [0.1, 0.15) is 17.4 Å². The Balaban J connectivity index is 2.70. The van der Waals surface area contributed by atoms with Crippen LogP contribution in [0.3, 0.4) is 0 Å². The van der Waals surface area contributed by atoms with Gasteiger partial charge in [0.25, 0.3) is 8.32 Å². The van der Waals surface area contributed by atoms with E-state index in [1.54, 1.807) is 12.3 Å². The van der Waals surface area contributed by atoms with Crippen LogP contribution in [0.1, 0.15) is 117 Å². The molecule has 1 N–H and O–H groups in total. The summed E-state index contributed by atoms with van der Waals surface area (Å²) >= 11 is 0. The molecule has 0 spiro atoms. The first kappa shape index (κ1) is 46.6. The molecule has 1 aliphatic heterocycles. The molecule has 1 aromatic carbocycles. The van der Waals surface area contributed by atoms with Gasteiger partial charge in [-0.2, -0.15) is 0 Å². The molecule has 1 aliphatic rings. The minimum atomic E-state index is -2.31. The van der Waals surface area contributed by atoms with Gasteiger partial charge < -0.3 is 23.3 Å². The Morgan fingerprint density at radius 1 is 0.830 bits per heavy atom. The van der Waals surface area contributed by atoms with Crippen LogP contribution in [0, 0.1) is 0 Å². The van der Waals surface area contributed by atoms with E-state index in [0.717, 1.165) is 12.0 Å². The predicted octanol–water partition coefficient (Wildman–Crippen LogP) is 12.1. The van der Waals surface area contributed by atoms with Gasteiger partial charge in [-0.15, -0.1) is 0 Å². The second-order valence-corrected chi connectivity index (χ2v) is 33.3. The van der Waals surface area contributed by atoms with Gasteiger partial charge in [0.15, 0.2) is 16.6 Å². The molecule has 0 unspecified atom stereocenters. The molecular weight excluding hydrogens is 711 g/mol. The molecule has 1 aromatic rings. The molecule has 0 saturated carbocycles. The van der Waals surface area contributed by atoms with E-state index in [2.05, 4.69) is 113 Å². The molecule has 10 heteroatoms. The average Bonchev–Trinajstić information content (AvgIpc) is 2.98. The third-order valence-corrected chi connectivity index (χ3v) is 24.9. The van der Waals surface area contributed by atoms with Crippen LogP contribution in [0.2, 0.25) is 54.4 Å². The van der Waals surface area contributed by atoms with Crippen molar-refractivity contribution in [1.29, 1.82) is 0 Å². The van der Waals surface area contributed by atoms with E-state index >= 15 is 0 Å². The smallest absolute Gasteiger partial charge is 0.342 e. The number of amides is 1. The Morgan fingerprint density at radius 2 is 1.42 bits per heavy atom. The van der Waals surface area contributed by atoms with Gasteiger partial charge in [-0.05, 0) is 85.3 Å². The van der Waals surface area contributed by atoms with Gasteiger partial charge >= 0.3 is 5.97 Å². The lowest BCUT2D eigenvalue weighted by atomic mass is 9.99. The summed E-state index contributed by atoms with van der Waals surface area (Å²) < 4.78 is 27.6. The quantitative estimate of drug-likeness (QED) is 0.0984. The number of carbonyl (C=O) groups excluding carboxylic acids is 2. The molecule has 1 heterocycles. The van der Waals surface area contributed by atoms with E-state index in [1.807, 2.05) is 49.4 Å². The van der Waals surface area contributed by atoms with Gasteiger partial charge in [0.05, 0.1) is 12.2 Å². The van der Waals surface area contributed by atoms with Crippen LogP contribution in [-0.4, -0.2) is 55.1 Å². The van der Waals surface area contributed by atoms with Crippen LogP contribution in [0.4, 0.5) is 0 Å². The maximum atomic E-state index is 14.4. The van der Waals surface area contributed by atoms with E-state index in [0.29, 0.717) is 37.0 Å². The molecular formula is C43H73NO6Si3. The zero-order valence-electron chi connectivity index (χ0n) is 36.1. The average molecular weight is 784 g/mol. The Kier molecular flexibility index (Phi) is 16.6. The first-order chi connectivity index (χ1) is 24.2. The van der Waals surface area contributed by atoms with Crippen molar-refractivity contribution >= 4 is 42.9 Å². The van der Waals surface area contributed by atoms with Crippen molar-refractivity contribution in [1.82, 2.24) is 5.32 Å². The van der Waals surface area contributed by atoms with Crippen LogP contribution in [-0.2, 0) is 18.4 Å². The number of hydrogen-bond donors (Lipinski definition) is 1. The molecule has 0 bridgehead atoms. The minimum Gasteiger partial charge on any atom is -0.543 e. The highest BCUT2D eigenvalue weighted by molar-refractivity contribution is 6.75. The highest BCUT2D eigenvalue weighted by Crippen LogP contribution is 2.42. The Bertz CT molecular complexity index is 1490. The SMILES string of the molecule is CC/C=C\C=C/C(=O)N/C=C\C[C@H]1C[C@H](O[Si](C)(C)C(C)(C)C)C[C@H](O[Si](C)(C)C(C)(C)C)C/C=C/c2cccc(O[Si](C)(C)C(C)(C)C)c2C(=O)O1. The fraction of sp³-hybridized carbons (Fsp3) is 0.628. The monoisotopic (exact) mass is 783 g/mol. The fourth-order valence-electron chi connectivity index (χ4n) is 5.09. The zero-order chi connectivity index (χ0) is 40.5. The number of nitrogens with one attached hydrogen (secondary N) is 1. The van der Waals surface area contributed by atoms with Crippen molar-refractivity contribution in [2.75, 3.05) is 0 Å². The zero-order valence-corrected chi connectivity index (χ0v) is 39.1. The molecule has 0 fully saturated rings. The molecule has 0 saturated heterocycles. The largest absolute Gasteiger partial charge is 0.543 e. The van der Waals surface area contributed by atoms with E-state index in [4.69, 9.17) is 18.0 Å². The third kappa shape index (κ3) is 14.3. The lowest BCUT2D eigenvalue weighted by Crippen LogP contribution is -2.48. The van der Waals surface area contributed by atoms with Gasteiger partial charge in [0, 0.05) is 25.1 Å². The molecule has 298 valence electrons. The lowest BCUT2D eigenvalue weighted by Gasteiger charge is -2.43. The minimum absolute atomic E-state index is 0.0164. The van der Waals surface area contributed by atoms with Crippen molar-refractivity contribution in [2.45, 2.75) is 174 Å². The van der Waals surface area contributed by atoms with E-state index in [9.17, 15) is 9.59 Å². The summed E-state index contributed by atoms with van der Waals surface area (Å²) in [7, 11) is -6.70. The topological polar surface area (TPSA) is 83.1 Å². The second kappa shape index (κ2) is 18.9. The summed E-state index contributed by atoms with van der Waals surface area (Å²) in [5, 5.41) is 2.77. The first-order valence-corrected chi connectivity index (χ1v) is 28.3. The van der Waals surface area contributed by atoms with Gasteiger partial charge in [-0.3, -0.25) is 4.79 Å². The van der Waals surface area contributed by atoms with E-state index in [-0.39, 0.29) is 33.2 Å². The molecule has 53 heavy (non-hydrogen) atoms. The number of esters is 1. The van der Waals surface area contributed by atoms with Crippen LogP contribution in [0.25, 0.3) is 6.08 Å². The number of cyclic esters (lactones) is 1. The maximum absolute atomic E-state index is 14.4. The molecule has 0 aromatic heterocycles. The normalized spacial score (nSPS) is 20.9. The standard InChI is InChI=1S/C43H73NO6Si3/c1-17-18-19-20-29-38(45)44-30-23-27-34-31-36(49-52(13,14)42(5,6)7)32-35(48-51(11,12)41(2,3)4)26-21-24-33-25-22-28-37(39(33)40(46)47-34)50-53(15,16)43(8,9)10/h18-25,28-30,34-36H,17,26-27,31-32H2,1-16H3,(H,44,45)/b19-18-,24-21+,29-20-,30-23-/t34-,35+,36-/m0/s1. The molecule has 7 nitrogen and oxygen atoms in total. The first-order valence-electron chi connectivity index (χ1n) is 19.5. The van der Waals surface area contributed by atoms with Crippen molar-refractivity contribution in [3.8, 4) is 5.75 Å². The molecule has 0 radical (unpaired) electrons. The van der Waals surface area contributed by atoms with Gasteiger partial charge in [-0.25, -0.2) is 4.79 Å².